The van der Waals surface area contributed by atoms with E-state index in [1.807, 2.05) is 32.0 Å². The van der Waals surface area contributed by atoms with E-state index < -0.39 is 5.91 Å². The van der Waals surface area contributed by atoms with E-state index in [4.69, 9.17) is 9.47 Å². The predicted octanol–water partition coefficient (Wildman–Crippen LogP) is 4.41. The molecule has 0 saturated carbocycles. The van der Waals surface area contributed by atoms with Gasteiger partial charge in [-0.15, -0.1) is 0 Å². The third-order valence-corrected chi connectivity index (χ3v) is 5.90. The number of nitrogens with one attached hydrogen (secondary N) is 2. The number of benzene rings is 3. The standard InChI is InChI=1S/C27H24N4O5/c1-16-6-7-17(2)22(12-16)31-25(32)11-9-21(30-31)27(34)29-20-5-3-4-19(14-20)28-26(33)18-8-10-23-24(13-18)36-15-35-23/h3-8,10,12-14H,9,11,15H2,1-2H3,(H,28,33)(H,29,34). The minimum atomic E-state index is -0.406. The third-order valence-electron chi connectivity index (χ3n) is 5.90. The van der Waals surface area contributed by atoms with Crippen LogP contribution in [-0.4, -0.2) is 30.2 Å². The Hall–Kier alpha value is -4.66. The number of fused-ring (bicyclic) bond motifs is 1. The summed E-state index contributed by atoms with van der Waals surface area (Å²) in [5, 5.41) is 11.3. The van der Waals surface area contributed by atoms with Crippen LogP contribution in [0.5, 0.6) is 11.5 Å². The molecule has 5 rings (SSSR count). The van der Waals surface area contributed by atoms with Crippen molar-refractivity contribution in [2.45, 2.75) is 26.7 Å². The van der Waals surface area contributed by atoms with Gasteiger partial charge in [-0.25, -0.2) is 5.01 Å². The predicted molar refractivity (Wildman–Crippen MR) is 136 cm³/mol. The zero-order valence-corrected chi connectivity index (χ0v) is 19.8. The molecule has 36 heavy (non-hydrogen) atoms. The molecule has 3 amide bonds. The number of amides is 3. The minimum Gasteiger partial charge on any atom is -0.454 e. The number of anilines is 3. The lowest BCUT2D eigenvalue weighted by atomic mass is 10.1. The molecule has 0 bridgehead atoms. The van der Waals surface area contributed by atoms with Crippen molar-refractivity contribution in [1.82, 2.24) is 0 Å². The Morgan fingerprint density at radius 1 is 0.861 bits per heavy atom. The van der Waals surface area contributed by atoms with Crippen molar-refractivity contribution in [3.05, 3.63) is 77.4 Å². The summed E-state index contributed by atoms with van der Waals surface area (Å²) < 4.78 is 10.6. The Morgan fingerprint density at radius 2 is 1.61 bits per heavy atom. The number of hydrazone groups is 1. The van der Waals surface area contributed by atoms with Crippen LogP contribution < -0.4 is 25.1 Å². The Bertz CT molecular complexity index is 1420. The van der Waals surface area contributed by atoms with E-state index in [1.54, 1.807) is 42.5 Å². The summed E-state index contributed by atoms with van der Waals surface area (Å²) in [6, 6.07) is 17.5. The fourth-order valence-corrected chi connectivity index (χ4v) is 3.97. The van der Waals surface area contributed by atoms with Crippen molar-refractivity contribution in [3.8, 4) is 11.5 Å². The molecule has 3 aromatic carbocycles. The molecule has 2 heterocycles. The van der Waals surface area contributed by atoms with Gasteiger partial charge in [0.1, 0.15) is 5.71 Å². The maximum Gasteiger partial charge on any atom is 0.271 e. The van der Waals surface area contributed by atoms with Crippen molar-refractivity contribution in [2.75, 3.05) is 22.4 Å². The molecule has 0 radical (unpaired) electrons. The van der Waals surface area contributed by atoms with E-state index in [1.165, 1.54) is 5.01 Å². The SMILES string of the molecule is Cc1ccc(C)c(N2N=C(C(=O)Nc3cccc(NC(=O)c4ccc5c(c4)OCO5)c3)CCC2=O)c1. The van der Waals surface area contributed by atoms with Crippen LogP contribution in [0.25, 0.3) is 0 Å². The molecule has 2 aliphatic heterocycles. The number of hydrogen-bond acceptors (Lipinski definition) is 6. The summed E-state index contributed by atoms with van der Waals surface area (Å²) in [7, 11) is 0. The van der Waals surface area contributed by atoms with Gasteiger partial charge in [0, 0.05) is 29.8 Å². The Labute approximate surface area is 207 Å². The third kappa shape index (κ3) is 4.76. The molecule has 0 aliphatic carbocycles. The summed E-state index contributed by atoms with van der Waals surface area (Å²) in [4.78, 5) is 38.2. The fourth-order valence-electron chi connectivity index (χ4n) is 3.97. The topological polar surface area (TPSA) is 109 Å². The Morgan fingerprint density at radius 3 is 2.42 bits per heavy atom. The lowest BCUT2D eigenvalue weighted by Crippen LogP contribution is -2.36. The van der Waals surface area contributed by atoms with Crippen molar-refractivity contribution >= 4 is 40.5 Å². The molecule has 0 atom stereocenters. The highest BCUT2D eigenvalue weighted by Crippen LogP contribution is 2.33. The molecule has 3 aromatic rings. The molecule has 0 aromatic heterocycles. The average Bonchev–Trinajstić information content (AvgIpc) is 3.34. The van der Waals surface area contributed by atoms with Crippen LogP contribution in [-0.2, 0) is 9.59 Å². The quantitative estimate of drug-likeness (QED) is 0.558. The maximum absolute atomic E-state index is 13.0. The van der Waals surface area contributed by atoms with E-state index in [0.717, 1.165) is 11.1 Å². The smallest absolute Gasteiger partial charge is 0.271 e. The molecular formula is C27H24N4O5. The number of aryl methyl sites for hydroxylation is 2. The summed E-state index contributed by atoms with van der Waals surface area (Å²) in [5.41, 5.74) is 4.22. The number of ether oxygens (including phenoxy) is 2. The van der Waals surface area contributed by atoms with Gasteiger partial charge in [-0.3, -0.25) is 14.4 Å². The van der Waals surface area contributed by atoms with Crippen molar-refractivity contribution < 1.29 is 23.9 Å². The first-order valence-electron chi connectivity index (χ1n) is 11.5. The monoisotopic (exact) mass is 484 g/mol. The Kier molecular flexibility index (Phi) is 6.12. The lowest BCUT2D eigenvalue weighted by Gasteiger charge is -2.24. The van der Waals surface area contributed by atoms with Crippen LogP contribution in [0, 0.1) is 13.8 Å². The first-order valence-corrected chi connectivity index (χ1v) is 11.5. The highest BCUT2D eigenvalue weighted by atomic mass is 16.7. The first-order chi connectivity index (χ1) is 17.4. The number of carbonyl (C=O) groups is 3. The van der Waals surface area contributed by atoms with Gasteiger partial charge in [0.2, 0.25) is 12.7 Å². The van der Waals surface area contributed by atoms with Gasteiger partial charge in [0.15, 0.2) is 11.5 Å². The highest BCUT2D eigenvalue weighted by molar-refractivity contribution is 6.44. The molecule has 0 spiro atoms. The molecule has 9 nitrogen and oxygen atoms in total. The van der Waals surface area contributed by atoms with Gasteiger partial charge >= 0.3 is 0 Å². The van der Waals surface area contributed by atoms with E-state index in [2.05, 4.69) is 15.7 Å². The fraction of sp³-hybridized carbons (Fsp3) is 0.185. The second-order valence-corrected chi connectivity index (χ2v) is 8.60. The molecule has 0 saturated heterocycles. The van der Waals surface area contributed by atoms with Gasteiger partial charge in [-0.1, -0.05) is 18.2 Å². The van der Waals surface area contributed by atoms with Crippen LogP contribution in [0.1, 0.15) is 34.3 Å². The van der Waals surface area contributed by atoms with Gasteiger partial charge in [0.25, 0.3) is 11.8 Å². The second-order valence-electron chi connectivity index (χ2n) is 8.60. The number of rotatable bonds is 5. The molecule has 182 valence electrons. The zero-order chi connectivity index (χ0) is 25.2. The molecule has 9 heteroatoms. The van der Waals surface area contributed by atoms with E-state index in [0.29, 0.717) is 34.1 Å². The first kappa shape index (κ1) is 23.1. The van der Waals surface area contributed by atoms with Gasteiger partial charge in [-0.2, -0.15) is 5.10 Å². The average molecular weight is 485 g/mol. The van der Waals surface area contributed by atoms with Crippen LogP contribution >= 0.6 is 0 Å². The largest absolute Gasteiger partial charge is 0.454 e. The van der Waals surface area contributed by atoms with Crippen LogP contribution in [0.15, 0.2) is 65.8 Å². The van der Waals surface area contributed by atoms with Crippen molar-refractivity contribution in [1.29, 1.82) is 0 Å². The van der Waals surface area contributed by atoms with Gasteiger partial charge in [0.05, 0.1) is 5.69 Å². The highest BCUT2D eigenvalue weighted by Gasteiger charge is 2.27. The van der Waals surface area contributed by atoms with E-state index in [-0.39, 0.29) is 37.2 Å². The van der Waals surface area contributed by atoms with Gasteiger partial charge < -0.3 is 20.1 Å². The van der Waals surface area contributed by atoms with Crippen LogP contribution in [0.3, 0.4) is 0 Å². The Balaban J connectivity index is 1.29. The number of nitrogens with zero attached hydrogens (tertiary/aromatic N) is 2. The van der Waals surface area contributed by atoms with E-state index >= 15 is 0 Å². The number of hydrogen-bond donors (Lipinski definition) is 2. The number of carbonyl (C=O) groups excluding carboxylic acids is 3. The summed E-state index contributed by atoms with van der Waals surface area (Å²) in [6.07, 6.45) is 0.428. The van der Waals surface area contributed by atoms with Gasteiger partial charge in [-0.05, 0) is 67.4 Å². The molecular weight excluding hydrogens is 460 g/mol. The molecule has 0 fully saturated rings. The van der Waals surface area contributed by atoms with Crippen LogP contribution in [0.4, 0.5) is 17.1 Å². The van der Waals surface area contributed by atoms with Crippen molar-refractivity contribution in [2.24, 2.45) is 5.10 Å². The van der Waals surface area contributed by atoms with Crippen LogP contribution in [0.2, 0.25) is 0 Å². The lowest BCUT2D eigenvalue weighted by molar-refractivity contribution is -0.118. The summed E-state index contributed by atoms with van der Waals surface area (Å²) >= 11 is 0. The van der Waals surface area contributed by atoms with Crippen molar-refractivity contribution in [3.63, 3.8) is 0 Å². The second kappa shape index (κ2) is 9.53. The molecule has 2 aliphatic rings. The molecule has 2 N–H and O–H groups in total. The molecule has 0 unspecified atom stereocenters. The normalized spacial score (nSPS) is 14.3. The van der Waals surface area contributed by atoms with E-state index in [9.17, 15) is 14.4 Å². The summed E-state index contributed by atoms with van der Waals surface area (Å²) in [5.74, 6) is 0.228. The minimum absolute atomic E-state index is 0.129. The zero-order valence-electron chi connectivity index (χ0n) is 19.8. The summed E-state index contributed by atoms with van der Waals surface area (Å²) in [6.45, 7) is 3.96. The maximum atomic E-state index is 13.0.